The summed E-state index contributed by atoms with van der Waals surface area (Å²) in [5, 5.41) is 16.0. The van der Waals surface area contributed by atoms with Crippen LogP contribution in [0.3, 0.4) is 0 Å². The second kappa shape index (κ2) is 8.79. The number of non-ortho nitro benzene ring substituents is 1. The average Bonchev–Trinajstić information content (AvgIpc) is 3.36. The molecular formula is C23H18N4O6. The maximum atomic E-state index is 12.6. The SMILES string of the molecule is Cc1ccc(NC(=O)CN2C(=O)N/C(=C/c3ccc(-c4cccc([N+](=O)[O-])c4)o3)C2=O)cc1. The molecule has 3 aromatic rings. The smallest absolute Gasteiger partial charge is 0.329 e. The van der Waals surface area contributed by atoms with Crippen molar-refractivity contribution in [3.05, 3.63) is 87.8 Å². The Morgan fingerprint density at radius 1 is 1.15 bits per heavy atom. The van der Waals surface area contributed by atoms with Gasteiger partial charge in [0.25, 0.3) is 11.6 Å². The van der Waals surface area contributed by atoms with Gasteiger partial charge in [-0.25, -0.2) is 9.69 Å². The summed E-state index contributed by atoms with van der Waals surface area (Å²) >= 11 is 0. The maximum Gasteiger partial charge on any atom is 0.329 e. The van der Waals surface area contributed by atoms with Gasteiger partial charge in [-0.2, -0.15) is 0 Å². The summed E-state index contributed by atoms with van der Waals surface area (Å²) in [6, 6.07) is 15.5. The van der Waals surface area contributed by atoms with Crippen molar-refractivity contribution in [3.8, 4) is 11.3 Å². The van der Waals surface area contributed by atoms with E-state index in [1.165, 1.54) is 24.3 Å². The Labute approximate surface area is 187 Å². The number of benzene rings is 2. The zero-order valence-electron chi connectivity index (χ0n) is 17.4. The number of hydrogen-bond donors (Lipinski definition) is 2. The lowest BCUT2D eigenvalue weighted by atomic mass is 10.1. The number of nitro benzene ring substituents is 1. The van der Waals surface area contributed by atoms with Crippen molar-refractivity contribution in [1.29, 1.82) is 0 Å². The first-order valence-corrected chi connectivity index (χ1v) is 9.86. The topological polar surface area (TPSA) is 135 Å². The minimum atomic E-state index is -0.726. The number of hydrogen-bond acceptors (Lipinski definition) is 6. The van der Waals surface area contributed by atoms with Crippen LogP contribution in [0.5, 0.6) is 0 Å². The van der Waals surface area contributed by atoms with Crippen molar-refractivity contribution in [3.63, 3.8) is 0 Å². The lowest BCUT2D eigenvalue weighted by Crippen LogP contribution is -2.38. The maximum absolute atomic E-state index is 12.6. The third-order valence-electron chi connectivity index (χ3n) is 4.85. The zero-order valence-corrected chi connectivity index (χ0v) is 17.4. The van der Waals surface area contributed by atoms with E-state index in [-0.39, 0.29) is 17.1 Å². The highest BCUT2D eigenvalue weighted by Gasteiger charge is 2.35. The summed E-state index contributed by atoms with van der Waals surface area (Å²) in [5.41, 5.74) is 1.94. The largest absolute Gasteiger partial charge is 0.457 e. The molecule has 0 spiro atoms. The van der Waals surface area contributed by atoms with E-state index >= 15 is 0 Å². The number of urea groups is 1. The molecule has 1 saturated heterocycles. The number of carbonyl (C=O) groups is 3. The molecule has 0 atom stereocenters. The van der Waals surface area contributed by atoms with Crippen LogP contribution in [0.4, 0.5) is 16.2 Å². The number of imide groups is 1. The van der Waals surface area contributed by atoms with Gasteiger partial charge in [0.1, 0.15) is 23.8 Å². The lowest BCUT2D eigenvalue weighted by molar-refractivity contribution is -0.384. The van der Waals surface area contributed by atoms with Crippen molar-refractivity contribution < 1.29 is 23.7 Å². The predicted molar refractivity (Wildman–Crippen MR) is 119 cm³/mol. The Hall–Kier alpha value is -4.73. The van der Waals surface area contributed by atoms with E-state index in [4.69, 9.17) is 4.42 Å². The molecule has 10 heteroatoms. The molecule has 1 aliphatic rings. The van der Waals surface area contributed by atoms with E-state index < -0.39 is 29.3 Å². The molecule has 0 radical (unpaired) electrons. The molecule has 0 unspecified atom stereocenters. The average molecular weight is 446 g/mol. The number of nitrogens with zero attached hydrogens (tertiary/aromatic N) is 2. The number of nitrogens with one attached hydrogen (secondary N) is 2. The number of anilines is 1. The molecule has 1 aliphatic heterocycles. The van der Waals surface area contributed by atoms with Gasteiger partial charge in [0.05, 0.1) is 4.92 Å². The number of amides is 4. The molecule has 1 aromatic heterocycles. The molecule has 1 fully saturated rings. The summed E-state index contributed by atoms with van der Waals surface area (Å²) < 4.78 is 5.65. The first kappa shape index (κ1) is 21.5. The van der Waals surface area contributed by atoms with Gasteiger partial charge in [0.2, 0.25) is 5.91 Å². The third kappa shape index (κ3) is 4.79. The van der Waals surface area contributed by atoms with Gasteiger partial charge in [-0.15, -0.1) is 0 Å². The van der Waals surface area contributed by atoms with Crippen molar-refractivity contribution in [2.75, 3.05) is 11.9 Å². The number of furan rings is 1. The second-order valence-corrected chi connectivity index (χ2v) is 7.30. The quantitative estimate of drug-likeness (QED) is 0.257. The van der Waals surface area contributed by atoms with Crippen molar-refractivity contribution in [2.24, 2.45) is 0 Å². The Kier molecular flexibility index (Phi) is 5.73. The van der Waals surface area contributed by atoms with E-state index in [1.807, 2.05) is 19.1 Å². The monoisotopic (exact) mass is 446 g/mol. The number of carbonyl (C=O) groups excluding carboxylic acids is 3. The van der Waals surface area contributed by atoms with E-state index in [0.29, 0.717) is 17.0 Å². The van der Waals surface area contributed by atoms with Crippen LogP contribution in [-0.4, -0.2) is 34.2 Å². The molecule has 4 rings (SSSR count). The second-order valence-electron chi connectivity index (χ2n) is 7.30. The summed E-state index contributed by atoms with van der Waals surface area (Å²) in [5.74, 6) is -0.579. The lowest BCUT2D eigenvalue weighted by Gasteiger charge is -2.12. The van der Waals surface area contributed by atoms with Crippen molar-refractivity contribution >= 4 is 35.3 Å². The molecule has 10 nitrogen and oxygen atoms in total. The van der Waals surface area contributed by atoms with Gasteiger partial charge in [-0.3, -0.25) is 19.7 Å². The van der Waals surface area contributed by atoms with E-state index in [1.54, 1.807) is 30.3 Å². The van der Waals surface area contributed by atoms with Crippen molar-refractivity contribution in [1.82, 2.24) is 10.2 Å². The number of rotatable bonds is 6. The zero-order chi connectivity index (χ0) is 23.5. The fourth-order valence-corrected chi connectivity index (χ4v) is 3.20. The van der Waals surface area contributed by atoms with Crippen LogP contribution in [0.2, 0.25) is 0 Å². The predicted octanol–water partition coefficient (Wildman–Crippen LogP) is 3.69. The Balaban J connectivity index is 1.45. The summed E-state index contributed by atoms with van der Waals surface area (Å²) in [6.45, 7) is 1.46. The van der Waals surface area contributed by atoms with E-state index in [2.05, 4.69) is 10.6 Å². The molecule has 2 heterocycles. The first-order valence-electron chi connectivity index (χ1n) is 9.86. The van der Waals surface area contributed by atoms with Gasteiger partial charge in [-0.1, -0.05) is 29.8 Å². The molecule has 2 aromatic carbocycles. The van der Waals surface area contributed by atoms with E-state index in [0.717, 1.165) is 10.5 Å². The number of nitro groups is 1. The fourth-order valence-electron chi connectivity index (χ4n) is 3.20. The molecule has 33 heavy (non-hydrogen) atoms. The molecule has 4 amide bonds. The van der Waals surface area contributed by atoms with Crippen LogP contribution >= 0.6 is 0 Å². The number of aryl methyl sites for hydroxylation is 1. The Morgan fingerprint density at radius 2 is 1.91 bits per heavy atom. The Morgan fingerprint density at radius 3 is 2.64 bits per heavy atom. The molecule has 0 saturated carbocycles. The van der Waals surface area contributed by atoms with Crippen LogP contribution in [0.15, 0.2) is 70.8 Å². The molecule has 0 aliphatic carbocycles. The molecule has 0 bridgehead atoms. The highest BCUT2D eigenvalue weighted by Crippen LogP contribution is 2.27. The van der Waals surface area contributed by atoms with Crippen molar-refractivity contribution in [2.45, 2.75) is 6.92 Å². The van der Waals surface area contributed by atoms with Crippen LogP contribution < -0.4 is 10.6 Å². The Bertz CT molecular complexity index is 1290. The van der Waals surface area contributed by atoms with Gasteiger partial charge >= 0.3 is 6.03 Å². The standard InChI is InChI=1S/C23H18N4O6/c1-14-5-7-16(8-6-14)24-21(28)13-26-22(29)19(25-23(26)30)12-18-9-10-20(33-18)15-3-2-4-17(11-15)27(31)32/h2-12H,13H2,1H3,(H,24,28)(H,25,30)/b19-12+. The van der Waals surface area contributed by atoms with Gasteiger partial charge < -0.3 is 15.1 Å². The van der Waals surface area contributed by atoms with Gasteiger partial charge in [-0.05, 0) is 31.2 Å². The van der Waals surface area contributed by atoms with Gasteiger partial charge in [0.15, 0.2) is 0 Å². The summed E-state index contributed by atoms with van der Waals surface area (Å²) in [6.07, 6.45) is 1.33. The minimum Gasteiger partial charge on any atom is -0.457 e. The first-order chi connectivity index (χ1) is 15.8. The summed E-state index contributed by atoms with van der Waals surface area (Å²) in [4.78, 5) is 48.4. The minimum absolute atomic E-state index is 0.0527. The molecular weight excluding hydrogens is 428 g/mol. The highest BCUT2D eigenvalue weighted by atomic mass is 16.6. The fraction of sp³-hybridized carbons (Fsp3) is 0.0870. The third-order valence-corrected chi connectivity index (χ3v) is 4.85. The van der Waals surface area contributed by atoms with Crippen LogP contribution in [0.1, 0.15) is 11.3 Å². The summed E-state index contributed by atoms with van der Waals surface area (Å²) in [7, 11) is 0. The van der Waals surface area contributed by atoms with Crippen LogP contribution in [0, 0.1) is 17.0 Å². The van der Waals surface area contributed by atoms with Crippen LogP contribution in [0.25, 0.3) is 17.4 Å². The van der Waals surface area contributed by atoms with E-state index in [9.17, 15) is 24.5 Å². The molecule has 166 valence electrons. The molecule has 2 N–H and O–H groups in total. The van der Waals surface area contributed by atoms with Crippen LogP contribution in [-0.2, 0) is 9.59 Å². The van der Waals surface area contributed by atoms with Gasteiger partial charge in [0, 0.05) is 29.5 Å². The highest BCUT2D eigenvalue weighted by molar-refractivity contribution is 6.15. The normalized spacial score (nSPS) is 14.5.